The summed E-state index contributed by atoms with van der Waals surface area (Å²) in [6, 6.07) is 13.2. The van der Waals surface area contributed by atoms with Crippen molar-refractivity contribution < 1.29 is 9.53 Å². The van der Waals surface area contributed by atoms with Crippen molar-refractivity contribution in [2.45, 2.75) is 30.0 Å². The molecular weight excluding hydrogens is 412 g/mol. The number of nitrogens with zero attached hydrogens (tertiary/aromatic N) is 1. The lowest BCUT2D eigenvalue weighted by molar-refractivity contribution is 0.0924. The number of ether oxygens (including phenoxy) is 1. The molecule has 0 bridgehead atoms. The van der Waals surface area contributed by atoms with Crippen LogP contribution in [0.15, 0.2) is 52.7 Å². The first-order chi connectivity index (χ1) is 13.6. The zero-order valence-electron chi connectivity index (χ0n) is 15.3. The maximum atomic E-state index is 12.7. The first kappa shape index (κ1) is 19.3. The van der Waals surface area contributed by atoms with Gasteiger partial charge in [0, 0.05) is 33.6 Å². The molecule has 0 aliphatic carbocycles. The Morgan fingerprint density at radius 2 is 2.14 bits per heavy atom. The minimum absolute atomic E-state index is 0.0931. The Hall–Kier alpha value is -2.02. The van der Waals surface area contributed by atoms with Gasteiger partial charge in [0.05, 0.1) is 28.4 Å². The Labute approximate surface area is 177 Å². The number of carbonyl (C=O) groups excluding carboxylic acids is 1. The number of para-hydroxylation sites is 1. The van der Waals surface area contributed by atoms with E-state index in [1.807, 2.05) is 43.3 Å². The summed E-state index contributed by atoms with van der Waals surface area (Å²) in [4.78, 5) is 18.3. The van der Waals surface area contributed by atoms with Crippen LogP contribution < -0.4 is 10.1 Å². The highest BCUT2D eigenvalue weighted by molar-refractivity contribution is 7.98. The van der Waals surface area contributed by atoms with Crippen LogP contribution in [0.1, 0.15) is 39.1 Å². The average Bonchev–Trinajstić information content (AvgIpc) is 3.13. The molecule has 28 heavy (non-hydrogen) atoms. The van der Waals surface area contributed by atoms with Crippen LogP contribution in [0, 0.1) is 6.92 Å². The van der Waals surface area contributed by atoms with Gasteiger partial charge in [-0.15, -0.1) is 23.1 Å². The number of benzene rings is 2. The molecular formula is C21H19ClN2O2S2. The summed E-state index contributed by atoms with van der Waals surface area (Å²) in [5.41, 5.74) is 2.66. The third kappa shape index (κ3) is 4.35. The molecule has 0 spiro atoms. The molecule has 0 saturated carbocycles. The number of thiazole rings is 1. The molecule has 4 rings (SSSR count). The van der Waals surface area contributed by atoms with Crippen LogP contribution >= 0.6 is 34.7 Å². The quantitative estimate of drug-likeness (QED) is 0.531. The molecule has 2 aromatic carbocycles. The minimum atomic E-state index is -0.100. The van der Waals surface area contributed by atoms with E-state index in [4.69, 9.17) is 16.3 Å². The van der Waals surface area contributed by atoms with Crippen molar-refractivity contribution in [1.82, 2.24) is 10.3 Å². The second-order valence-electron chi connectivity index (χ2n) is 6.49. The van der Waals surface area contributed by atoms with E-state index in [0.717, 1.165) is 33.3 Å². The molecule has 3 aromatic rings. The zero-order valence-corrected chi connectivity index (χ0v) is 17.7. The lowest BCUT2D eigenvalue weighted by Crippen LogP contribution is -2.32. The Balaban J connectivity index is 1.40. The molecule has 0 radical (unpaired) electrons. The zero-order chi connectivity index (χ0) is 19.5. The number of hydrogen-bond acceptors (Lipinski definition) is 5. The van der Waals surface area contributed by atoms with Gasteiger partial charge in [-0.1, -0.05) is 23.7 Å². The maximum absolute atomic E-state index is 12.7. The number of aromatic nitrogens is 1. The van der Waals surface area contributed by atoms with E-state index in [9.17, 15) is 4.79 Å². The molecule has 1 aliphatic heterocycles. The summed E-state index contributed by atoms with van der Waals surface area (Å²) in [6.07, 6.45) is 0.722. The van der Waals surface area contributed by atoms with E-state index in [1.165, 1.54) is 0 Å². The van der Waals surface area contributed by atoms with Crippen molar-refractivity contribution >= 4 is 40.6 Å². The van der Waals surface area contributed by atoms with Crippen LogP contribution in [0.25, 0.3) is 0 Å². The topological polar surface area (TPSA) is 51.2 Å². The fourth-order valence-corrected chi connectivity index (χ4v) is 4.86. The van der Waals surface area contributed by atoms with Crippen molar-refractivity contribution in [3.8, 4) is 5.75 Å². The van der Waals surface area contributed by atoms with Gasteiger partial charge in [-0.05, 0) is 37.3 Å². The van der Waals surface area contributed by atoms with Crippen molar-refractivity contribution in [3.63, 3.8) is 0 Å². The van der Waals surface area contributed by atoms with E-state index in [2.05, 4.69) is 15.7 Å². The number of halogens is 1. The molecule has 144 valence electrons. The number of fused-ring (bicyclic) bond motifs is 1. The summed E-state index contributed by atoms with van der Waals surface area (Å²) in [6.45, 7) is 2.55. The Kier molecular flexibility index (Phi) is 5.90. The first-order valence-corrected chi connectivity index (χ1v) is 11.2. The van der Waals surface area contributed by atoms with Crippen molar-refractivity contribution in [1.29, 1.82) is 0 Å². The summed E-state index contributed by atoms with van der Waals surface area (Å²) in [7, 11) is 0. The van der Waals surface area contributed by atoms with E-state index in [1.54, 1.807) is 29.2 Å². The Bertz CT molecular complexity index is 988. The molecule has 0 fully saturated rings. The number of rotatable bonds is 5. The largest absolute Gasteiger partial charge is 0.492 e. The van der Waals surface area contributed by atoms with E-state index >= 15 is 0 Å². The molecule has 1 N–H and O–H groups in total. The van der Waals surface area contributed by atoms with Gasteiger partial charge in [-0.3, -0.25) is 4.79 Å². The summed E-state index contributed by atoms with van der Waals surface area (Å²) < 4.78 is 5.66. The van der Waals surface area contributed by atoms with Crippen LogP contribution in [0.3, 0.4) is 0 Å². The van der Waals surface area contributed by atoms with E-state index in [0.29, 0.717) is 22.9 Å². The van der Waals surface area contributed by atoms with Gasteiger partial charge in [-0.25, -0.2) is 4.98 Å². The van der Waals surface area contributed by atoms with E-state index in [-0.39, 0.29) is 11.9 Å². The van der Waals surface area contributed by atoms with Gasteiger partial charge in [0.25, 0.3) is 5.91 Å². The number of carbonyl (C=O) groups is 1. The third-order valence-electron chi connectivity index (χ3n) is 4.50. The molecule has 0 saturated heterocycles. The SMILES string of the molecule is Cc1nc(CSc2ccc(C(=O)NC3CCOc4c(Cl)cccc43)cc2)cs1. The van der Waals surface area contributed by atoms with Crippen LogP contribution in [-0.4, -0.2) is 17.5 Å². The Morgan fingerprint density at radius 3 is 2.89 bits per heavy atom. The summed E-state index contributed by atoms with van der Waals surface area (Å²) in [5.74, 6) is 1.41. The number of nitrogens with one attached hydrogen (secondary N) is 1. The van der Waals surface area contributed by atoms with Crippen LogP contribution in [0.4, 0.5) is 0 Å². The van der Waals surface area contributed by atoms with Gasteiger partial charge in [0.1, 0.15) is 5.75 Å². The highest BCUT2D eigenvalue weighted by Crippen LogP contribution is 2.37. The molecule has 1 unspecified atom stereocenters. The third-order valence-corrected chi connectivity index (χ3v) is 6.67. The molecule has 4 nitrogen and oxygen atoms in total. The van der Waals surface area contributed by atoms with Crippen molar-refractivity contribution in [3.05, 3.63) is 74.7 Å². The number of thioether (sulfide) groups is 1. The molecule has 1 atom stereocenters. The molecule has 1 aromatic heterocycles. The standard InChI is InChI=1S/C21H19ClN2O2S2/c1-13-23-15(11-27-13)12-28-16-7-5-14(6-8-16)21(25)24-19-9-10-26-20-17(19)3-2-4-18(20)22/h2-8,11,19H,9-10,12H2,1H3,(H,24,25). The smallest absolute Gasteiger partial charge is 0.251 e. The lowest BCUT2D eigenvalue weighted by Gasteiger charge is -2.27. The van der Waals surface area contributed by atoms with Crippen molar-refractivity contribution in [2.24, 2.45) is 0 Å². The average molecular weight is 431 g/mol. The number of amides is 1. The van der Waals surface area contributed by atoms with Crippen LogP contribution in [0.5, 0.6) is 5.75 Å². The summed E-state index contributed by atoms with van der Waals surface area (Å²) >= 11 is 9.59. The van der Waals surface area contributed by atoms with Crippen LogP contribution in [-0.2, 0) is 5.75 Å². The van der Waals surface area contributed by atoms with Crippen LogP contribution in [0.2, 0.25) is 5.02 Å². The molecule has 1 aliphatic rings. The number of hydrogen-bond donors (Lipinski definition) is 1. The number of aryl methyl sites for hydroxylation is 1. The lowest BCUT2D eigenvalue weighted by atomic mass is 10.00. The maximum Gasteiger partial charge on any atom is 0.251 e. The van der Waals surface area contributed by atoms with Gasteiger partial charge in [-0.2, -0.15) is 0 Å². The summed E-state index contributed by atoms with van der Waals surface area (Å²) in [5, 5.41) is 6.85. The van der Waals surface area contributed by atoms with Crippen molar-refractivity contribution in [2.75, 3.05) is 6.61 Å². The van der Waals surface area contributed by atoms with Gasteiger partial charge < -0.3 is 10.1 Å². The van der Waals surface area contributed by atoms with E-state index < -0.39 is 0 Å². The fourth-order valence-electron chi connectivity index (χ4n) is 3.11. The van der Waals surface area contributed by atoms with Gasteiger partial charge in [0.2, 0.25) is 0 Å². The second kappa shape index (κ2) is 8.55. The normalized spacial score (nSPS) is 15.6. The first-order valence-electron chi connectivity index (χ1n) is 8.96. The highest BCUT2D eigenvalue weighted by Gasteiger charge is 2.25. The minimum Gasteiger partial charge on any atom is -0.492 e. The Morgan fingerprint density at radius 1 is 1.32 bits per heavy atom. The molecule has 2 heterocycles. The monoisotopic (exact) mass is 430 g/mol. The van der Waals surface area contributed by atoms with Gasteiger partial charge in [0.15, 0.2) is 0 Å². The van der Waals surface area contributed by atoms with Gasteiger partial charge >= 0.3 is 0 Å². The second-order valence-corrected chi connectivity index (χ2v) is 9.01. The predicted octanol–water partition coefficient (Wildman–Crippen LogP) is 5.65. The molecule has 1 amide bonds. The highest BCUT2D eigenvalue weighted by atomic mass is 35.5. The fraction of sp³-hybridized carbons (Fsp3) is 0.238. The molecule has 7 heteroatoms. The predicted molar refractivity (Wildman–Crippen MR) is 115 cm³/mol.